The van der Waals surface area contributed by atoms with E-state index in [1.54, 1.807) is 0 Å². The van der Waals surface area contributed by atoms with Crippen LogP contribution < -0.4 is 5.73 Å². The molecule has 8 heteroatoms. The molecule has 1 heterocycles. The first-order valence-corrected chi connectivity index (χ1v) is 6.20. The first-order chi connectivity index (χ1) is 8.57. The summed E-state index contributed by atoms with van der Waals surface area (Å²) in [5.74, 6) is -1.70. The van der Waals surface area contributed by atoms with Crippen LogP contribution in [0.1, 0.15) is 26.2 Å². The van der Waals surface area contributed by atoms with Crippen molar-refractivity contribution in [2.24, 2.45) is 11.7 Å². The maximum Gasteiger partial charge on any atom is 0.405 e. The summed E-state index contributed by atoms with van der Waals surface area (Å²) >= 11 is 0. The van der Waals surface area contributed by atoms with E-state index in [0.717, 1.165) is 4.90 Å². The molecule has 1 aliphatic heterocycles. The molecule has 2 N–H and O–H groups in total. The summed E-state index contributed by atoms with van der Waals surface area (Å²) in [5.41, 5.74) is 5.45. The fourth-order valence-corrected chi connectivity index (χ4v) is 2.47. The first-order valence-electron chi connectivity index (χ1n) is 6.20. The summed E-state index contributed by atoms with van der Waals surface area (Å²) in [6.45, 7) is 0.875. The zero-order valence-electron chi connectivity index (χ0n) is 10.6. The molecular weight excluding hydrogens is 274 g/mol. The van der Waals surface area contributed by atoms with E-state index in [2.05, 4.69) is 0 Å². The van der Waals surface area contributed by atoms with Crippen molar-refractivity contribution in [2.75, 3.05) is 13.1 Å². The molecule has 114 valence electrons. The Hall–Kier alpha value is -0.500. The monoisotopic (exact) mass is 292 g/mol. The summed E-state index contributed by atoms with van der Waals surface area (Å²) in [5, 5.41) is 0. The van der Waals surface area contributed by atoms with Gasteiger partial charge in [0, 0.05) is 12.6 Å². The molecular formula is C11H18F6N2. The molecule has 0 aromatic carbocycles. The molecule has 1 rings (SSSR count). The molecule has 0 aromatic rings. The largest absolute Gasteiger partial charge is 0.405 e. The van der Waals surface area contributed by atoms with Crippen molar-refractivity contribution in [3.63, 3.8) is 0 Å². The molecule has 0 bridgehead atoms. The highest BCUT2D eigenvalue weighted by molar-refractivity contribution is 4.91. The molecule has 3 atom stereocenters. The van der Waals surface area contributed by atoms with Crippen molar-refractivity contribution in [1.82, 2.24) is 4.90 Å². The van der Waals surface area contributed by atoms with Crippen LogP contribution in [0.3, 0.4) is 0 Å². The van der Waals surface area contributed by atoms with Crippen LogP contribution in [-0.4, -0.2) is 42.4 Å². The second-order valence-corrected chi connectivity index (χ2v) is 4.93. The lowest BCUT2D eigenvalue weighted by molar-refractivity contribution is -0.219. The Balaban J connectivity index is 2.85. The molecule has 0 saturated carbocycles. The van der Waals surface area contributed by atoms with Gasteiger partial charge in [-0.3, -0.25) is 4.90 Å². The smallest absolute Gasteiger partial charge is 0.326 e. The Morgan fingerprint density at radius 2 is 1.79 bits per heavy atom. The van der Waals surface area contributed by atoms with E-state index in [0.29, 0.717) is 0 Å². The van der Waals surface area contributed by atoms with Gasteiger partial charge < -0.3 is 5.73 Å². The van der Waals surface area contributed by atoms with Crippen LogP contribution >= 0.6 is 0 Å². The van der Waals surface area contributed by atoms with Gasteiger partial charge in [0.2, 0.25) is 0 Å². The van der Waals surface area contributed by atoms with Crippen LogP contribution in [0.25, 0.3) is 0 Å². The van der Waals surface area contributed by atoms with Crippen LogP contribution in [0.4, 0.5) is 26.3 Å². The van der Waals surface area contributed by atoms with Gasteiger partial charge in [-0.15, -0.1) is 0 Å². The highest BCUT2D eigenvalue weighted by Gasteiger charge is 2.50. The Labute approximate surface area is 107 Å². The minimum absolute atomic E-state index is 0.00442. The Morgan fingerprint density at radius 3 is 2.21 bits per heavy atom. The van der Waals surface area contributed by atoms with Crippen molar-refractivity contribution >= 4 is 0 Å². The number of rotatable bonds is 3. The SMILES string of the molecule is CCC(N)C(N1CCCC(C(F)(F)F)C1)C(F)(F)F. The number of nitrogens with zero attached hydrogens (tertiary/aromatic N) is 1. The molecule has 0 aliphatic carbocycles. The van der Waals surface area contributed by atoms with E-state index in [4.69, 9.17) is 5.73 Å². The maximum absolute atomic E-state index is 13.0. The van der Waals surface area contributed by atoms with Crippen LogP contribution in [-0.2, 0) is 0 Å². The first kappa shape index (κ1) is 16.6. The second-order valence-electron chi connectivity index (χ2n) is 4.93. The quantitative estimate of drug-likeness (QED) is 0.810. The minimum atomic E-state index is -4.61. The molecule has 0 aromatic heterocycles. The molecule has 1 saturated heterocycles. The normalized spacial score (nSPS) is 26.2. The summed E-state index contributed by atoms with van der Waals surface area (Å²) in [6.07, 6.45) is -9.01. The van der Waals surface area contributed by atoms with Gasteiger partial charge in [-0.2, -0.15) is 26.3 Å². The number of hydrogen-bond acceptors (Lipinski definition) is 2. The number of likely N-dealkylation sites (tertiary alicyclic amines) is 1. The zero-order chi connectivity index (χ0) is 14.8. The number of hydrogen-bond donors (Lipinski definition) is 1. The number of piperidine rings is 1. The van der Waals surface area contributed by atoms with E-state index in [-0.39, 0.29) is 25.8 Å². The van der Waals surface area contributed by atoms with Gasteiger partial charge in [0.05, 0.1) is 5.92 Å². The maximum atomic E-state index is 13.0. The molecule has 2 nitrogen and oxygen atoms in total. The lowest BCUT2D eigenvalue weighted by atomic mass is 9.93. The molecule has 3 unspecified atom stereocenters. The van der Waals surface area contributed by atoms with Gasteiger partial charge in [-0.1, -0.05) is 6.92 Å². The summed E-state index contributed by atoms with van der Waals surface area (Å²) in [4.78, 5) is 0.843. The van der Waals surface area contributed by atoms with Gasteiger partial charge in [0.15, 0.2) is 0 Å². The van der Waals surface area contributed by atoms with E-state index < -0.39 is 36.9 Å². The number of alkyl halides is 6. The highest BCUT2D eigenvalue weighted by Crippen LogP contribution is 2.37. The van der Waals surface area contributed by atoms with E-state index in [1.807, 2.05) is 0 Å². The molecule has 1 aliphatic rings. The fraction of sp³-hybridized carbons (Fsp3) is 1.00. The third-order valence-electron chi connectivity index (χ3n) is 3.52. The molecule has 1 fully saturated rings. The average Bonchev–Trinajstić information content (AvgIpc) is 2.26. The fourth-order valence-electron chi connectivity index (χ4n) is 2.47. The standard InChI is InChI=1S/C11H18F6N2/c1-2-8(18)9(11(15,16)17)19-5-3-4-7(6-19)10(12,13)14/h7-9H,2-6,18H2,1H3. The predicted octanol–water partition coefficient (Wildman–Crippen LogP) is 2.93. The van der Waals surface area contributed by atoms with Gasteiger partial charge in [0.25, 0.3) is 0 Å². The predicted molar refractivity (Wildman–Crippen MR) is 58.5 cm³/mol. The summed E-state index contributed by atoms with van der Waals surface area (Å²) < 4.78 is 76.7. The third kappa shape index (κ3) is 4.24. The van der Waals surface area contributed by atoms with Crippen molar-refractivity contribution in [2.45, 2.75) is 50.6 Å². The van der Waals surface area contributed by atoms with Crippen molar-refractivity contribution in [1.29, 1.82) is 0 Å². The Morgan fingerprint density at radius 1 is 1.21 bits per heavy atom. The van der Waals surface area contributed by atoms with Crippen molar-refractivity contribution in [3.8, 4) is 0 Å². The molecule has 0 amide bonds. The number of halogens is 6. The van der Waals surface area contributed by atoms with Crippen LogP contribution in [0, 0.1) is 5.92 Å². The minimum Gasteiger partial charge on any atom is -0.326 e. The molecule has 0 spiro atoms. The Bertz CT molecular complexity index is 288. The zero-order valence-corrected chi connectivity index (χ0v) is 10.6. The van der Waals surface area contributed by atoms with E-state index in [1.165, 1.54) is 6.92 Å². The van der Waals surface area contributed by atoms with Crippen molar-refractivity contribution < 1.29 is 26.3 Å². The van der Waals surface area contributed by atoms with Gasteiger partial charge in [0.1, 0.15) is 6.04 Å². The summed E-state index contributed by atoms with van der Waals surface area (Å²) in [6, 6.07) is -3.20. The van der Waals surface area contributed by atoms with Crippen LogP contribution in [0.5, 0.6) is 0 Å². The van der Waals surface area contributed by atoms with Gasteiger partial charge in [-0.05, 0) is 25.8 Å². The lowest BCUT2D eigenvalue weighted by Gasteiger charge is -2.41. The third-order valence-corrected chi connectivity index (χ3v) is 3.52. The highest BCUT2D eigenvalue weighted by atomic mass is 19.4. The Kier molecular flexibility index (Phi) is 5.11. The van der Waals surface area contributed by atoms with Crippen LogP contribution in [0.2, 0.25) is 0 Å². The lowest BCUT2D eigenvalue weighted by Crippen LogP contribution is -2.59. The average molecular weight is 292 g/mol. The summed E-state index contributed by atoms with van der Waals surface area (Å²) in [7, 11) is 0. The van der Waals surface area contributed by atoms with E-state index in [9.17, 15) is 26.3 Å². The molecule has 0 radical (unpaired) electrons. The van der Waals surface area contributed by atoms with Gasteiger partial charge in [-0.25, -0.2) is 0 Å². The number of nitrogens with two attached hydrogens (primary N) is 1. The molecule has 19 heavy (non-hydrogen) atoms. The van der Waals surface area contributed by atoms with Gasteiger partial charge >= 0.3 is 12.4 Å². The van der Waals surface area contributed by atoms with Crippen LogP contribution in [0.15, 0.2) is 0 Å². The topological polar surface area (TPSA) is 29.3 Å². The van der Waals surface area contributed by atoms with Crippen molar-refractivity contribution in [3.05, 3.63) is 0 Å². The second kappa shape index (κ2) is 5.87. The van der Waals surface area contributed by atoms with E-state index >= 15 is 0 Å².